The number of rotatable bonds is 13. The number of nitrogens with zero attached hydrogens (tertiary/aromatic N) is 1. The molecular formula is C19H31N7O7. The van der Waals surface area contributed by atoms with Gasteiger partial charge >= 0.3 is 5.97 Å². The van der Waals surface area contributed by atoms with E-state index in [0.29, 0.717) is 5.69 Å². The third-order valence-corrected chi connectivity index (χ3v) is 4.72. The minimum absolute atomic E-state index is 0.0318. The van der Waals surface area contributed by atoms with E-state index in [9.17, 15) is 29.1 Å². The average molecular weight is 469 g/mol. The summed E-state index contributed by atoms with van der Waals surface area (Å²) in [5.74, 6) is -5.20. The molecular weight excluding hydrogens is 438 g/mol. The first kappa shape index (κ1) is 27.5. The molecule has 0 aliphatic rings. The highest BCUT2D eigenvalue weighted by Crippen LogP contribution is 2.05. The molecule has 14 heteroatoms. The van der Waals surface area contributed by atoms with Gasteiger partial charge in [-0.1, -0.05) is 13.8 Å². The third-order valence-electron chi connectivity index (χ3n) is 4.72. The summed E-state index contributed by atoms with van der Waals surface area (Å²) in [6, 6.07) is -5.34. The first-order chi connectivity index (χ1) is 15.3. The molecule has 4 amide bonds. The maximum Gasteiger partial charge on any atom is 0.326 e. The van der Waals surface area contributed by atoms with Gasteiger partial charge in [-0.05, 0) is 12.8 Å². The summed E-state index contributed by atoms with van der Waals surface area (Å²) in [6.45, 7) is 4.66. The summed E-state index contributed by atoms with van der Waals surface area (Å²) < 4.78 is 0. The number of aliphatic hydroxyl groups excluding tert-OH is 1. The van der Waals surface area contributed by atoms with E-state index in [-0.39, 0.29) is 12.3 Å². The number of nitrogens with two attached hydrogens (primary N) is 2. The Hall–Kier alpha value is -3.52. The summed E-state index contributed by atoms with van der Waals surface area (Å²) >= 11 is 0. The molecule has 1 heterocycles. The highest BCUT2D eigenvalue weighted by atomic mass is 16.4. The molecule has 0 saturated heterocycles. The lowest BCUT2D eigenvalue weighted by atomic mass is 10.0. The molecule has 0 aromatic carbocycles. The highest BCUT2D eigenvalue weighted by molar-refractivity contribution is 5.95. The Kier molecular flexibility index (Phi) is 10.4. The summed E-state index contributed by atoms with van der Waals surface area (Å²) in [5, 5.41) is 26.0. The number of hydrogen-bond donors (Lipinski definition) is 8. The van der Waals surface area contributed by atoms with Crippen LogP contribution in [0.1, 0.15) is 32.9 Å². The maximum absolute atomic E-state index is 12.9. The molecule has 1 rings (SSSR count). The smallest absolute Gasteiger partial charge is 0.326 e. The number of aromatic nitrogens is 2. The van der Waals surface area contributed by atoms with Gasteiger partial charge in [-0.15, -0.1) is 0 Å². The second-order valence-electron chi connectivity index (χ2n) is 7.91. The Morgan fingerprint density at radius 3 is 2.09 bits per heavy atom. The summed E-state index contributed by atoms with van der Waals surface area (Å²) in [7, 11) is 0. The van der Waals surface area contributed by atoms with Crippen molar-refractivity contribution in [3.05, 3.63) is 18.2 Å². The lowest BCUT2D eigenvalue weighted by molar-refractivity contribution is -0.144. The van der Waals surface area contributed by atoms with Gasteiger partial charge in [0.1, 0.15) is 18.1 Å². The zero-order valence-electron chi connectivity index (χ0n) is 18.6. The second kappa shape index (κ2) is 12.5. The van der Waals surface area contributed by atoms with Crippen molar-refractivity contribution in [2.75, 3.05) is 0 Å². The first-order valence-corrected chi connectivity index (χ1v) is 10.2. The minimum atomic E-state index is -1.65. The van der Waals surface area contributed by atoms with Crippen LogP contribution < -0.4 is 27.4 Å². The van der Waals surface area contributed by atoms with Crippen molar-refractivity contribution in [1.82, 2.24) is 25.9 Å². The SMILES string of the molecule is CC(C)[C@H](N)C(=O)N[C@@H](Cc1cnc[nH]1)C(=O)N[C@H](C(=O)N[C@@H](CC(N)=O)C(=O)O)[C@@H](C)O. The molecule has 0 unspecified atom stereocenters. The lowest BCUT2D eigenvalue weighted by Crippen LogP contribution is -2.60. The van der Waals surface area contributed by atoms with Crippen LogP contribution in [0.4, 0.5) is 0 Å². The van der Waals surface area contributed by atoms with Crippen LogP contribution in [0.3, 0.4) is 0 Å². The fraction of sp³-hybridized carbons (Fsp3) is 0.579. The second-order valence-corrected chi connectivity index (χ2v) is 7.91. The Labute approximate surface area is 189 Å². The molecule has 1 aromatic heterocycles. The van der Waals surface area contributed by atoms with E-state index in [1.165, 1.54) is 19.4 Å². The molecule has 14 nitrogen and oxygen atoms in total. The summed E-state index contributed by atoms with van der Waals surface area (Å²) in [5.41, 5.74) is 11.3. The first-order valence-electron chi connectivity index (χ1n) is 10.2. The molecule has 0 bridgehead atoms. The van der Waals surface area contributed by atoms with Gasteiger partial charge in [0.2, 0.25) is 23.6 Å². The van der Waals surface area contributed by atoms with Crippen LogP contribution in [0.15, 0.2) is 12.5 Å². The van der Waals surface area contributed by atoms with E-state index in [0.717, 1.165) is 0 Å². The number of imidazole rings is 1. The molecule has 1 aromatic rings. The average Bonchev–Trinajstić information content (AvgIpc) is 3.22. The third kappa shape index (κ3) is 8.86. The van der Waals surface area contributed by atoms with Crippen LogP contribution in [0.25, 0.3) is 0 Å². The van der Waals surface area contributed by atoms with Crippen molar-refractivity contribution in [2.24, 2.45) is 17.4 Å². The monoisotopic (exact) mass is 469 g/mol. The predicted octanol–water partition coefficient (Wildman–Crippen LogP) is -3.27. The fourth-order valence-corrected chi connectivity index (χ4v) is 2.72. The van der Waals surface area contributed by atoms with Crippen molar-refractivity contribution in [2.45, 2.75) is 63.9 Å². The quantitative estimate of drug-likeness (QED) is 0.144. The number of aliphatic hydroxyl groups is 1. The number of aromatic amines is 1. The number of carbonyl (C=O) groups is 5. The van der Waals surface area contributed by atoms with Gasteiger partial charge in [-0.3, -0.25) is 19.2 Å². The molecule has 33 heavy (non-hydrogen) atoms. The number of nitrogens with one attached hydrogen (secondary N) is 4. The van der Waals surface area contributed by atoms with Crippen molar-refractivity contribution < 1.29 is 34.2 Å². The zero-order valence-corrected chi connectivity index (χ0v) is 18.6. The number of primary amides is 1. The van der Waals surface area contributed by atoms with Crippen molar-refractivity contribution in [3.63, 3.8) is 0 Å². The Morgan fingerprint density at radius 1 is 1.03 bits per heavy atom. The van der Waals surface area contributed by atoms with E-state index >= 15 is 0 Å². The molecule has 0 radical (unpaired) electrons. The van der Waals surface area contributed by atoms with Gasteiger partial charge in [0, 0.05) is 18.3 Å². The minimum Gasteiger partial charge on any atom is -0.480 e. The Bertz CT molecular complexity index is 842. The van der Waals surface area contributed by atoms with E-state index in [1.54, 1.807) is 13.8 Å². The van der Waals surface area contributed by atoms with Crippen molar-refractivity contribution >= 4 is 29.6 Å². The van der Waals surface area contributed by atoms with Crippen LogP contribution in [-0.2, 0) is 30.4 Å². The van der Waals surface area contributed by atoms with Crippen LogP contribution in [-0.4, -0.2) is 80.1 Å². The van der Waals surface area contributed by atoms with Crippen LogP contribution in [0.5, 0.6) is 0 Å². The molecule has 10 N–H and O–H groups in total. The molecule has 0 fully saturated rings. The van der Waals surface area contributed by atoms with E-state index < -0.39 is 66.3 Å². The van der Waals surface area contributed by atoms with Gasteiger partial charge < -0.3 is 42.6 Å². The lowest BCUT2D eigenvalue weighted by Gasteiger charge is -2.26. The summed E-state index contributed by atoms with van der Waals surface area (Å²) in [6.07, 6.45) is 0.652. The molecule has 0 aliphatic carbocycles. The number of amides is 4. The number of hydrogen-bond acceptors (Lipinski definition) is 8. The number of aliphatic carboxylic acids is 1. The van der Waals surface area contributed by atoms with E-state index in [1.807, 2.05) is 0 Å². The van der Waals surface area contributed by atoms with Gasteiger partial charge in [0.25, 0.3) is 0 Å². The maximum atomic E-state index is 12.9. The van der Waals surface area contributed by atoms with Crippen LogP contribution in [0.2, 0.25) is 0 Å². The summed E-state index contributed by atoms with van der Waals surface area (Å²) in [4.78, 5) is 66.9. The van der Waals surface area contributed by atoms with Crippen molar-refractivity contribution in [1.29, 1.82) is 0 Å². The molecule has 5 atom stereocenters. The Balaban J connectivity index is 3.03. The van der Waals surface area contributed by atoms with Gasteiger partial charge in [0.05, 0.1) is 24.9 Å². The number of carboxylic acids is 1. The van der Waals surface area contributed by atoms with Crippen molar-refractivity contribution in [3.8, 4) is 0 Å². The number of carboxylic acid groups (broad SMARTS) is 1. The molecule has 0 saturated carbocycles. The van der Waals surface area contributed by atoms with Gasteiger partial charge in [-0.2, -0.15) is 0 Å². The molecule has 0 spiro atoms. The molecule has 0 aliphatic heterocycles. The normalized spacial score (nSPS) is 15.6. The Morgan fingerprint density at radius 2 is 1.64 bits per heavy atom. The van der Waals surface area contributed by atoms with Crippen LogP contribution in [0, 0.1) is 5.92 Å². The number of carbonyl (C=O) groups excluding carboxylic acids is 4. The predicted molar refractivity (Wildman–Crippen MR) is 114 cm³/mol. The topological polar surface area (TPSA) is 243 Å². The standard InChI is InChI=1S/C19H31N7O7/c1-8(2)14(21)17(30)24-11(4-10-6-22-7-23-10)16(29)26-15(9(3)27)18(31)25-12(19(32)33)5-13(20)28/h6-9,11-12,14-15,27H,4-5,21H2,1-3H3,(H2,20,28)(H,22,23)(H,24,30)(H,25,31)(H,26,29)(H,32,33)/t9-,11+,12+,14+,15+/m1/s1. The van der Waals surface area contributed by atoms with E-state index in [4.69, 9.17) is 16.6 Å². The number of H-pyrrole nitrogens is 1. The largest absolute Gasteiger partial charge is 0.480 e. The van der Waals surface area contributed by atoms with E-state index in [2.05, 4.69) is 25.9 Å². The molecule has 184 valence electrons. The fourth-order valence-electron chi connectivity index (χ4n) is 2.72. The highest BCUT2D eigenvalue weighted by Gasteiger charge is 2.33. The van der Waals surface area contributed by atoms with Crippen LogP contribution >= 0.6 is 0 Å². The zero-order chi connectivity index (χ0) is 25.3. The van der Waals surface area contributed by atoms with Gasteiger partial charge in [-0.25, -0.2) is 9.78 Å². The van der Waals surface area contributed by atoms with Gasteiger partial charge in [0.15, 0.2) is 0 Å².